The van der Waals surface area contributed by atoms with Gasteiger partial charge in [0.15, 0.2) is 0 Å². The highest BCUT2D eigenvalue weighted by Crippen LogP contribution is 2.20. The number of aromatic nitrogens is 1. The Morgan fingerprint density at radius 1 is 1.43 bits per heavy atom. The van der Waals surface area contributed by atoms with Crippen LogP contribution in [0.4, 0.5) is 0 Å². The molecule has 1 heterocycles. The lowest BCUT2D eigenvalue weighted by Crippen LogP contribution is -2.39. The number of hydrogen-bond acceptors (Lipinski definition) is 4. The molecule has 0 bridgehead atoms. The number of carbonyl (C=O) groups is 1. The first-order valence-corrected chi connectivity index (χ1v) is 7.90. The number of rotatable bonds is 5. The van der Waals surface area contributed by atoms with Gasteiger partial charge in [-0.05, 0) is 37.0 Å². The van der Waals surface area contributed by atoms with Crippen molar-refractivity contribution in [3.63, 3.8) is 0 Å². The van der Waals surface area contributed by atoms with Crippen LogP contribution in [-0.2, 0) is 4.79 Å². The maximum absolute atomic E-state index is 11.8. The molecule has 0 radical (unpaired) electrons. The molecule has 23 heavy (non-hydrogen) atoms. The van der Waals surface area contributed by atoms with E-state index in [1.807, 2.05) is 45.0 Å². The monoisotopic (exact) mass is 332 g/mol. The third kappa shape index (κ3) is 4.74. The summed E-state index contributed by atoms with van der Waals surface area (Å²) in [6.07, 6.45) is 2.09. The Kier molecular flexibility index (Phi) is 5.69. The van der Waals surface area contributed by atoms with Crippen LogP contribution >= 0.6 is 11.6 Å². The van der Waals surface area contributed by atoms with Crippen molar-refractivity contribution in [3.05, 3.63) is 40.5 Å². The molecule has 1 atom stereocenters. The quantitative estimate of drug-likeness (QED) is 0.501. The average Bonchev–Trinajstić information content (AvgIpc) is 2.47. The summed E-state index contributed by atoms with van der Waals surface area (Å²) >= 11 is 6.16. The van der Waals surface area contributed by atoms with E-state index >= 15 is 0 Å². The number of hydrogen-bond donors (Lipinski definition) is 2. The van der Waals surface area contributed by atoms with Crippen molar-refractivity contribution in [3.8, 4) is 0 Å². The second kappa shape index (κ2) is 7.53. The normalized spacial score (nSPS) is 13.0. The van der Waals surface area contributed by atoms with E-state index in [0.29, 0.717) is 23.1 Å². The highest BCUT2D eigenvalue weighted by atomic mass is 35.5. The van der Waals surface area contributed by atoms with Crippen molar-refractivity contribution in [1.29, 1.82) is 0 Å². The molecule has 122 valence electrons. The van der Waals surface area contributed by atoms with Crippen LogP contribution in [0.2, 0.25) is 5.15 Å². The lowest BCUT2D eigenvalue weighted by atomic mass is 10.0. The summed E-state index contributed by atoms with van der Waals surface area (Å²) in [5, 5.41) is 5.23. The van der Waals surface area contributed by atoms with E-state index in [9.17, 15) is 4.79 Å². The Hall–Kier alpha value is -1.98. The summed E-state index contributed by atoms with van der Waals surface area (Å²) in [5.74, 6) is 0.0396. The third-order valence-corrected chi connectivity index (χ3v) is 3.70. The predicted molar refractivity (Wildman–Crippen MR) is 94.7 cm³/mol. The molecule has 0 saturated heterocycles. The summed E-state index contributed by atoms with van der Waals surface area (Å²) in [4.78, 5) is 16.2. The maximum Gasteiger partial charge on any atom is 0.256 e. The maximum atomic E-state index is 11.8. The van der Waals surface area contributed by atoms with Gasteiger partial charge in [0.2, 0.25) is 0 Å². The Morgan fingerprint density at radius 3 is 2.87 bits per heavy atom. The van der Waals surface area contributed by atoms with Gasteiger partial charge in [-0.3, -0.25) is 4.79 Å². The van der Waals surface area contributed by atoms with E-state index in [4.69, 9.17) is 17.3 Å². The van der Waals surface area contributed by atoms with Crippen LogP contribution in [0.25, 0.3) is 10.9 Å². The number of nitrogens with two attached hydrogens (primary N) is 1. The highest BCUT2D eigenvalue weighted by Gasteiger charge is 2.14. The first-order valence-electron chi connectivity index (χ1n) is 7.52. The van der Waals surface area contributed by atoms with Gasteiger partial charge >= 0.3 is 0 Å². The zero-order valence-electron chi connectivity index (χ0n) is 13.5. The van der Waals surface area contributed by atoms with Crippen molar-refractivity contribution in [1.82, 2.24) is 10.4 Å². The number of nitrogens with zero attached hydrogens (tertiary/aromatic N) is 2. The molecule has 6 heteroatoms. The van der Waals surface area contributed by atoms with Crippen LogP contribution in [0.3, 0.4) is 0 Å². The first-order chi connectivity index (χ1) is 10.9. The Bertz CT molecular complexity index is 743. The van der Waals surface area contributed by atoms with E-state index < -0.39 is 6.04 Å². The number of carbonyl (C=O) groups excluding carboxylic acids is 1. The molecule has 0 spiro atoms. The lowest BCUT2D eigenvalue weighted by molar-refractivity contribution is -0.122. The molecule has 1 aromatic heterocycles. The topological polar surface area (TPSA) is 80.4 Å². The lowest BCUT2D eigenvalue weighted by Gasteiger charge is -2.11. The van der Waals surface area contributed by atoms with Crippen molar-refractivity contribution in [2.45, 2.75) is 33.2 Å². The van der Waals surface area contributed by atoms with Crippen molar-refractivity contribution in [2.24, 2.45) is 16.8 Å². The summed E-state index contributed by atoms with van der Waals surface area (Å²) < 4.78 is 0. The molecule has 1 aromatic carbocycles. The zero-order chi connectivity index (χ0) is 17.0. The molecule has 2 aromatic rings. The number of aryl methyl sites for hydroxylation is 1. The van der Waals surface area contributed by atoms with Crippen LogP contribution in [0.1, 0.15) is 31.4 Å². The third-order valence-electron chi connectivity index (χ3n) is 3.39. The molecule has 0 unspecified atom stereocenters. The summed E-state index contributed by atoms with van der Waals surface area (Å²) in [5.41, 5.74) is 10.8. The van der Waals surface area contributed by atoms with E-state index in [0.717, 1.165) is 16.5 Å². The predicted octanol–water partition coefficient (Wildman–Crippen LogP) is 3.02. The van der Waals surface area contributed by atoms with Gasteiger partial charge in [-0.1, -0.05) is 37.6 Å². The van der Waals surface area contributed by atoms with Crippen LogP contribution < -0.4 is 11.2 Å². The van der Waals surface area contributed by atoms with E-state index in [1.165, 1.54) is 6.21 Å². The van der Waals surface area contributed by atoms with Gasteiger partial charge in [0.25, 0.3) is 5.91 Å². The second-order valence-corrected chi connectivity index (χ2v) is 6.39. The van der Waals surface area contributed by atoms with Gasteiger partial charge in [-0.2, -0.15) is 5.10 Å². The minimum absolute atomic E-state index is 0.310. The fraction of sp³-hybridized carbons (Fsp3) is 0.353. The van der Waals surface area contributed by atoms with Gasteiger partial charge < -0.3 is 5.73 Å². The molecule has 0 aliphatic carbocycles. The summed E-state index contributed by atoms with van der Waals surface area (Å²) in [7, 11) is 0. The zero-order valence-corrected chi connectivity index (χ0v) is 14.3. The van der Waals surface area contributed by atoms with Gasteiger partial charge in [0.1, 0.15) is 5.15 Å². The number of amides is 1. The molecule has 0 fully saturated rings. The fourth-order valence-electron chi connectivity index (χ4n) is 2.22. The fourth-order valence-corrected chi connectivity index (χ4v) is 2.42. The standard InChI is InChI=1S/C17H21ClN4O/c1-10(2)6-14(19)17(23)22-20-9-13-8-12-5-4-11(3)7-15(12)21-16(13)18/h4-5,7-10,14H,6,19H2,1-3H3,(H,22,23)/b20-9+/t14-/m1/s1. The number of hydrazone groups is 1. The Labute approximate surface area is 140 Å². The molecule has 3 N–H and O–H groups in total. The molecular formula is C17H21ClN4O. The summed E-state index contributed by atoms with van der Waals surface area (Å²) in [6.45, 7) is 6.03. The molecule has 1 amide bonds. The number of fused-ring (bicyclic) bond motifs is 1. The molecule has 0 aliphatic rings. The van der Waals surface area contributed by atoms with Crippen LogP contribution in [0, 0.1) is 12.8 Å². The molecular weight excluding hydrogens is 312 g/mol. The van der Waals surface area contributed by atoms with Gasteiger partial charge in [-0.15, -0.1) is 0 Å². The number of halogens is 1. The van der Waals surface area contributed by atoms with Gasteiger partial charge in [-0.25, -0.2) is 10.4 Å². The van der Waals surface area contributed by atoms with E-state index in [1.54, 1.807) is 0 Å². The first kappa shape index (κ1) is 17.4. The second-order valence-electron chi connectivity index (χ2n) is 6.03. The molecule has 5 nitrogen and oxygen atoms in total. The minimum Gasteiger partial charge on any atom is -0.320 e. The Morgan fingerprint density at radius 2 is 2.17 bits per heavy atom. The molecule has 0 saturated carbocycles. The largest absolute Gasteiger partial charge is 0.320 e. The number of nitrogens with one attached hydrogen (secondary N) is 1. The van der Waals surface area contributed by atoms with Crippen LogP contribution in [0.5, 0.6) is 0 Å². The average molecular weight is 333 g/mol. The van der Waals surface area contributed by atoms with Gasteiger partial charge in [0.05, 0.1) is 17.8 Å². The molecule has 2 rings (SSSR count). The Balaban J connectivity index is 2.10. The SMILES string of the molecule is Cc1ccc2cc(/C=N/NC(=O)[C@H](N)CC(C)C)c(Cl)nc2c1. The minimum atomic E-state index is -0.569. The van der Waals surface area contributed by atoms with Crippen molar-refractivity contribution < 1.29 is 4.79 Å². The van der Waals surface area contributed by atoms with Crippen molar-refractivity contribution >= 4 is 34.6 Å². The summed E-state index contributed by atoms with van der Waals surface area (Å²) in [6, 6.07) is 7.26. The van der Waals surface area contributed by atoms with Crippen LogP contribution in [-0.4, -0.2) is 23.1 Å². The smallest absolute Gasteiger partial charge is 0.256 e. The van der Waals surface area contributed by atoms with Gasteiger partial charge in [0, 0.05) is 10.9 Å². The number of benzene rings is 1. The molecule has 0 aliphatic heterocycles. The number of pyridine rings is 1. The van der Waals surface area contributed by atoms with E-state index in [2.05, 4.69) is 15.5 Å². The van der Waals surface area contributed by atoms with Crippen molar-refractivity contribution in [2.75, 3.05) is 0 Å². The van der Waals surface area contributed by atoms with E-state index in [-0.39, 0.29) is 5.91 Å². The highest BCUT2D eigenvalue weighted by molar-refractivity contribution is 6.32. The van der Waals surface area contributed by atoms with Crippen LogP contribution in [0.15, 0.2) is 29.4 Å².